The number of fused-ring (bicyclic) bond motifs is 1. The normalized spacial score (nSPS) is 18.0. The third kappa shape index (κ3) is 6.34. The van der Waals surface area contributed by atoms with Gasteiger partial charge in [0.25, 0.3) is 0 Å². The first kappa shape index (κ1) is 24.9. The van der Waals surface area contributed by atoms with Gasteiger partial charge in [-0.2, -0.15) is 0 Å². The molecule has 6 heteroatoms. The molecule has 6 nitrogen and oxygen atoms in total. The molecule has 0 saturated carbocycles. The summed E-state index contributed by atoms with van der Waals surface area (Å²) in [5, 5.41) is 13.6. The highest BCUT2D eigenvalue weighted by molar-refractivity contribution is 6.05. The molecular formula is C31H32N2O4. The van der Waals surface area contributed by atoms with Gasteiger partial charge in [-0.3, -0.25) is 9.69 Å². The molecular weight excluding hydrogens is 464 g/mol. The number of carbonyl (C=O) groups excluding carboxylic acids is 1. The predicted molar refractivity (Wildman–Crippen MR) is 144 cm³/mol. The predicted octanol–water partition coefficient (Wildman–Crippen LogP) is 5.00. The number of ether oxygens (including phenoxy) is 1. The summed E-state index contributed by atoms with van der Waals surface area (Å²) in [4.78, 5) is 19.9. The molecule has 2 heterocycles. The van der Waals surface area contributed by atoms with Gasteiger partial charge in [0, 0.05) is 44.5 Å². The Hall–Kier alpha value is -3.74. The van der Waals surface area contributed by atoms with Gasteiger partial charge in [-0.05, 0) is 34.9 Å². The van der Waals surface area contributed by atoms with Gasteiger partial charge in [-0.15, -0.1) is 0 Å². The van der Waals surface area contributed by atoms with Crippen molar-refractivity contribution in [2.24, 2.45) is 5.16 Å². The number of hydrogen-bond donors (Lipinski definition) is 1. The summed E-state index contributed by atoms with van der Waals surface area (Å²) in [6, 6.07) is 26.4. The molecule has 2 aliphatic heterocycles. The fraction of sp³-hybridized carbons (Fsp3) is 0.290. The highest BCUT2D eigenvalue weighted by Gasteiger charge is 2.42. The first-order valence-electron chi connectivity index (χ1n) is 12.8. The van der Waals surface area contributed by atoms with Crippen LogP contribution in [0, 0.1) is 0 Å². The van der Waals surface area contributed by atoms with Crippen LogP contribution in [-0.2, 0) is 22.8 Å². The molecule has 5 rings (SSSR count). The van der Waals surface area contributed by atoms with E-state index in [0.717, 1.165) is 60.6 Å². The molecule has 37 heavy (non-hydrogen) atoms. The van der Waals surface area contributed by atoms with Crippen LogP contribution in [0.2, 0.25) is 0 Å². The molecule has 190 valence electrons. The molecule has 0 unspecified atom stereocenters. The molecule has 1 N–H and O–H groups in total. The van der Waals surface area contributed by atoms with Gasteiger partial charge in [-0.25, -0.2) is 0 Å². The molecule has 0 aromatic heterocycles. The summed E-state index contributed by atoms with van der Waals surface area (Å²) >= 11 is 0. The van der Waals surface area contributed by atoms with Crippen molar-refractivity contribution in [3.8, 4) is 5.75 Å². The number of aliphatic hydroxyl groups excluding tert-OH is 1. The number of carbonyl (C=O) groups is 1. The summed E-state index contributed by atoms with van der Waals surface area (Å²) in [6.45, 7) is 2.73. The van der Waals surface area contributed by atoms with Gasteiger partial charge in [0.2, 0.25) is 0 Å². The average Bonchev–Trinajstić information content (AvgIpc) is 2.94. The van der Waals surface area contributed by atoms with E-state index < -0.39 is 6.61 Å². The SMILES string of the molecule is O=C(/C=C/c1ccc2c(c1)/C(=N/OCc1ccccc1)CC1(CCN(Cc3ccccc3)CC1)O2)CO. The molecule has 2 aliphatic rings. The van der Waals surface area contributed by atoms with E-state index in [1.165, 1.54) is 11.6 Å². The average molecular weight is 497 g/mol. The van der Waals surface area contributed by atoms with E-state index in [1.54, 1.807) is 6.08 Å². The Morgan fingerprint density at radius 3 is 2.41 bits per heavy atom. The Morgan fingerprint density at radius 1 is 1.00 bits per heavy atom. The van der Waals surface area contributed by atoms with Gasteiger partial charge in [0.05, 0.1) is 5.71 Å². The van der Waals surface area contributed by atoms with E-state index in [1.807, 2.05) is 48.5 Å². The van der Waals surface area contributed by atoms with E-state index in [0.29, 0.717) is 13.0 Å². The molecule has 3 aromatic rings. The van der Waals surface area contributed by atoms with Gasteiger partial charge in [-0.1, -0.05) is 78.0 Å². The van der Waals surface area contributed by atoms with Crippen LogP contribution in [0.25, 0.3) is 6.08 Å². The molecule has 1 spiro atoms. The van der Waals surface area contributed by atoms with Crippen molar-refractivity contribution >= 4 is 17.6 Å². The van der Waals surface area contributed by atoms with E-state index in [2.05, 4.69) is 40.4 Å². The molecule has 0 atom stereocenters. The molecule has 3 aromatic carbocycles. The van der Waals surface area contributed by atoms with Crippen LogP contribution in [0.4, 0.5) is 0 Å². The second-order valence-corrected chi connectivity index (χ2v) is 9.73. The first-order valence-corrected chi connectivity index (χ1v) is 12.8. The maximum atomic E-state index is 11.5. The number of oxime groups is 1. The lowest BCUT2D eigenvalue weighted by Crippen LogP contribution is -2.50. The van der Waals surface area contributed by atoms with Crippen molar-refractivity contribution in [3.05, 3.63) is 107 Å². The van der Waals surface area contributed by atoms with Gasteiger partial charge in [0.15, 0.2) is 5.78 Å². The Bertz CT molecular complexity index is 1260. The number of rotatable bonds is 8. The number of likely N-dealkylation sites (tertiary alicyclic amines) is 1. The van der Waals surface area contributed by atoms with Gasteiger partial charge in [0.1, 0.15) is 24.6 Å². The zero-order valence-corrected chi connectivity index (χ0v) is 20.9. The lowest BCUT2D eigenvalue weighted by Gasteiger charge is -2.44. The lowest BCUT2D eigenvalue weighted by molar-refractivity contribution is -0.117. The molecule has 1 fully saturated rings. The van der Waals surface area contributed by atoms with Crippen LogP contribution in [0.15, 0.2) is 90.1 Å². The number of piperidine rings is 1. The van der Waals surface area contributed by atoms with E-state index in [4.69, 9.17) is 14.7 Å². The second kappa shape index (κ2) is 11.5. The molecule has 0 radical (unpaired) electrons. The molecule has 0 amide bonds. The van der Waals surface area contributed by atoms with Crippen LogP contribution in [-0.4, -0.2) is 46.8 Å². The third-order valence-corrected chi connectivity index (χ3v) is 7.01. The standard InChI is InChI=1S/C31H32N2O4/c34-22-27(35)13-11-24-12-14-30-28(19-24)29(32-36-23-26-9-5-2-6-10-26)20-31(37-30)15-17-33(18-16-31)21-25-7-3-1-4-8-25/h1-14,19,34H,15-18,20-23H2/b13-11+,32-29+. The molecule has 0 bridgehead atoms. The van der Waals surface area contributed by atoms with Gasteiger partial charge < -0.3 is 14.7 Å². The van der Waals surface area contributed by atoms with E-state index >= 15 is 0 Å². The van der Waals surface area contributed by atoms with E-state index in [9.17, 15) is 4.79 Å². The maximum Gasteiger partial charge on any atom is 0.181 e. The monoisotopic (exact) mass is 496 g/mol. The Kier molecular flexibility index (Phi) is 7.78. The van der Waals surface area contributed by atoms with E-state index in [-0.39, 0.29) is 11.4 Å². The number of ketones is 1. The van der Waals surface area contributed by atoms with Crippen LogP contribution in [0.5, 0.6) is 5.75 Å². The maximum absolute atomic E-state index is 11.5. The quantitative estimate of drug-likeness (QED) is 0.351. The number of aliphatic hydroxyl groups is 1. The van der Waals surface area contributed by atoms with Crippen molar-refractivity contribution in [2.75, 3.05) is 19.7 Å². The van der Waals surface area contributed by atoms with Crippen LogP contribution < -0.4 is 4.74 Å². The van der Waals surface area contributed by atoms with Crippen molar-refractivity contribution in [2.45, 2.75) is 38.0 Å². The second-order valence-electron chi connectivity index (χ2n) is 9.73. The Morgan fingerprint density at radius 2 is 1.70 bits per heavy atom. The Balaban J connectivity index is 1.35. The third-order valence-electron chi connectivity index (χ3n) is 7.01. The van der Waals surface area contributed by atoms with Crippen molar-refractivity contribution in [1.82, 2.24) is 4.90 Å². The largest absolute Gasteiger partial charge is 0.486 e. The number of benzene rings is 3. The summed E-state index contributed by atoms with van der Waals surface area (Å²) < 4.78 is 6.66. The first-order chi connectivity index (χ1) is 18.1. The summed E-state index contributed by atoms with van der Waals surface area (Å²) in [7, 11) is 0. The Labute approximate surface area is 217 Å². The summed E-state index contributed by atoms with van der Waals surface area (Å²) in [5.74, 6) is 0.450. The van der Waals surface area contributed by atoms with Crippen molar-refractivity contribution < 1.29 is 19.5 Å². The van der Waals surface area contributed by atoms with Crippen molar-refractivity contribution in [3.63, 3.8) is 0 Å². The number of nitrogens with zero attached hydrogens (tertiary/aromatic N) is 2. The zero-order chi connectivity index (χ0) is 25.5. The molecule has 1 saturated heterocycles. The highest BCUT2D eigenvalue weighted by Crippen LogP contribution is 2.40. The number of hydrogen-bond acceptors (Lipinski definition) is 6. The van der Waals surface area contributed by atoms with Crippen LogP contribution in [0.1, 0.15) is 41.5 Å². The van der Waals surface area contributed by atoms with Gasteiger partial charge >= 0.3 is 0 Å². The topological polar surface area (TPSA) is 71.4 Å². The molecule has 0 aliphatic carbocycles. The van der Waals surface area contributed by atoms with Crippen LogP contribution >= 0.6 is 0 Å². The minimum Gasteiger partial charge on any atom is -0.486 e. The fourth-order valence-electron chi connectivity index (χ4n) is 4.96. The van der Waals surface area contributed by atoms with Crippen molar-refractivity contribution in [1.29, 1.82) is 0 Å². The summed E-state index contributed by atoms with van der Waals surface area (Å²) in [5.41, 5.74) is 4.64. The zero-order valence-electron chi connectivity index (χ0n) is 20.9. The highest BCUT2D eigenvalue weighted by atomic mass is 16.6. The summed E-state index contributed by atoms with van der Waals surface area (Å²) in [6.07, 6.45) is 5.57. The smallest absolute Gasteiger partial charge is 0.181 e. The lowest BCUT2D eigenvalue weighted by atomic mass is 9.81. The fourth-order valence-corrected chi connectivity index (χ4v) is 4.96. The minimum atomic E-state index is -0.506. The van der Waals surface area contributed by atoms with Crippen LogP contribution in [0.3, 0.4) is 0 Å². The minimum absolute atomic E-state index is 0.320.